The van der Waals surface area contributed by atoms with Crippen molar-refractivity contribution in [2.45, 2.75) is 56.7 Å². The normalized spacial score (nSPS) is 28.8. The van der Waals surface area contributed by atoms with Gasteiger partial charge >= 0.3 is 0 Å². The van der Waals surface area contributed by atoms with Gasteiger partial charge in [-0.3, -0.25) is 19.3 Å². The van der Waals surface area contributed by atoms with Crippen LogP contribution < -0.4 is 5.73 Å². The second-order valence-electron chi connectivity index (χ2n) is 12.0. The number of benzene rings is 1. The summed E-state index contributed by atoms with van der Waals surface area (Å²) in [6.45, 7) is 1.05. The Kier molecular flexibility index (Phi) is 7.04. The van der Waals surface area contributed by atoms with Crippen molar-refractivity contribution in [2.75, 3.05) is 27.7 Å². The first kappa shape index (κ1) is 28.3. The van der Waals surface area contributed by atoms with Crippen molar-refractivity contribution < 1.29 is 39.2 Å². The Morgan fingerprint density at radius 1 is 1.15 bits per heavy atom. The second-order valence-corrected chi connectivity index (χ2v) is 12.0. The first-order valence-corrected chi connectivity index (χ1v) is 13.7. The van der Waals surface area contributed by atoms with Gasteiger partial charge in [0.15, 0.2) is 11.4 Å². The molecule has 0 aliphatic heterocycles. The van der Waals surface area contributed by atoms with Crippen molar-refractivity contribution in [1.82, 2.24) is 9.80 Å². The lowest BCUT2D eigenvalue weighted by Crippen LogP contribution is -2.65. The Bertz CT molecular complexity index is 1360. The van der Waals surface area contributed by atoms with Crippen molar-refractivity contribution >= 4 is 23.2 Å². The summed E-state index contributed by atoms with van der Waals surface area (Å²) in [5.74, 6) is -7.57. The van der Waals surface area contributed by atoms with E-state index in [0.29, 0.717) is 5.92 Å². The summed E-state index contributed by atoms with van der Waals surface area (Å²) in [6, 6.07) is 0.0526. The molecule has 2 fully saturated rings. The highest BCUT2D eigenvalue weighted by atomic mass is 19.1. The van der Waals surface area contributed by atoms with Crippen LogP contribution >= 0.6 is 0 Å². The van der Waals surface area contributed by atoms with Gasteiger partial charge in [-0.25, -0.2) is 4.39 Å². The Hall–Kier alpha value is -3.28. The van der Waals surface area contributed by atoms with Crippen LogP contribution in [0, 0.1) is 23.6 Å². The zero-order valence-corrected chi connectivity index (χ0v) is 22.9. The molecule has 40 heavy (non-hydrogen) atoms. The average Bonchev–Trinajstić information content (AvgIpc) is 3.36. The van der Waals surface area contributed by atoms with E-state index in [2.05, 4.69) is 0 Å². The molecule has 0 unspecified atom stereocenters. The first-order valence-electron chi connectivity index (χ1n) is 13.7. The lowest BCUT2D eigenvalue weighted by Gasteiger charge is -2.50. The maximum absolute atomic E-state index is 15.9. The fraction of sp³-hybridized carbons (Fsp3) is 0.552. The Balaban J connectivity index is 1.58. The molecule has 0 spiro atoms. The van der Waals surface area contributed by atoms with Crippen LogP contribution in [0.3, 0.4) is 0 Å². The highest BCUT2D eigenvalue weighted by Crippen LogP contribution is 2.53. The third-order valence-electron chi connectivity index (χ3n) is 9.21. The van der Waals surface area contributed by atoms with E-state index in [0.717, 1.165) is 19.4 Å². The van der Waals surface area contributed by atoms with Crippen molar-refractivity contribution in [3.63, 3.8) is 0 Å². The number of likely N-dealkylation sites (N-methyl/N-ethyl adjacent to an activating group) is 1. The number of phenols is 1. The lowest BCUT2D eigenvalue weighted by molar-refractivity contribution is -0.153. The maximum atomic E-state index is 15.9. The van der Waals surface area contributed by atoms with Crippen LogP contribution in [0.5, 0.6) is 5.75 Å². The zero-order chi connectivity index (χ0) is 29.3. The van der Waals surface area contributed by atoms with Gasteiger partial charge in [-0.1, -0.05) is 12.8 Å². The number of phenolic OH excluding ortho intramolecular Hbond substituents is 1. The first-order chi connectivity index (χ1) is 18.8. The third kappa shape index (κ3) is 4.13. The molecule has 0 heterocycles. The van der Waals surface area contributed by atoms with Gasteiger partial charge in [0.25, 0.3) is 5.91 Å². The van der Waals surface area contributed by atoms with Gasteiger partial charge in [-0.05, 0) is 64.7 Å². The predicted octanol–water partition coefficient (Wildman–Crippen LogP) is 1.73. The molecular formula is C29H36FN3O7. The number of fused-ring (bicyclic) bond motifs is 3. The zero-order valence-electron chi connectivity index (χ0n) is 22.9. The number of hydrogen-bond acceptors (Lipinski definition) is 9. The number of Topliss-reactive ketones (excluding diaryl/α,β-unsaturated/α-hetero) is 2. The van der Waals surface area contributed by atoms with Gasteiger partial charge in [0.2, 0.25) is 5.78 Å². The van der Waals surface area contributed by atoms with E-state index in [1.807, 2.05) is 11.9 Å². The number of aliphatic hydroxyl groups is 3. The number of halogens is 1. The number of carbonyl (C=O) groups excluding carboxylic acids is 3. The van der Waals surface area contributed by atoms with E-state index in [1.54, 1.807) is 0 Å². The van der Waals surface area contributed by atoms with E-state index >= 15 is 4.39 Å². The molecule has 0 bridgehead atoms. The molecule has 6 N–H and O–H groups in total. The topological polar surface area (TPSA) is 165 Å². The molecule has 1 amide bonds. The summed E-state index contributed by atoms with van der Waals surface area (Å²) in [6.07, 6.45) is 4.48. The molecule has 10 nitrogen and oxygen atoms in total. The number of ketones is 2. The highest BCUT2D eigenvalue weighted by Gasteiger charge is 2.64. The van der Waals surface area contributed by atoms with Crippen LogP contribution in [0.2, 0.25) is 0 Å². The van der Waals surface area contributed by atoms with Crippen LogP contribution in [-0.2, 0) is 27.3 Å². The largest absolute Gasteiger partial charge is 0.508 e. The van der Waals surface area contributed by atoms with Crippen molar-refractivity contribution in [2.24, 2.45) is 23.5 Å². The number of amides is 1. The van der Waals surface area contributed by atoms with Crippen LogP contribution in [0.15, 0.2) is 23.0 Å². The molecule has 2 saturated carbocycles. The minimum absolute atomic E-state index is 0.0508. The molecule has 0 aromatic heterocycles. The van der Waals surface area contributed by atoms with E-state index in [9.17, 15) is 34.8 Å². The van der Waals surface area contributed by atoms with Gasteiger partial charge in [0.05, 0.1) is 11.6 Å². The molecule has 4 aliphatic rings. The van der Waals surface area contributed by atoms with Gasteiger partial charge in [0.1, 0.15) is 28.7 Å². The third-order valence-corrected chi connectivity index (χ3v) is 9.21. The summed E-state index contributed by atoms with van der Waals surface area (Å²) >= 11 is 0. The van der Waals surface area contributed by atoms with E-state index in [1.165, 1.54) is 37.9 Å². The molecule has 0 radical (unpaired) electrons. The fourth-order valence-corrected chi connectivity index (χ4v) is 7.45. The molecule has 4 atom stereocenters. The molecule has 11 heteroatoms. The maximum Gasteiger partial charge on any atom is 0.255 e. The van der Waals surface area contributed by atoms with Gasteiger partial charge in [-0.2, -0.15) is 0 Å². The fourth-order valence-electron chi connectivity index (χ4n) is 7.45. The molecule has 4 aliphatic carbocycles. The predicted molar refractivity (Wildman–Crippen MR) is 142 cm³/mol. The SMILES string of the molecule is CN(Cc1cc(O)c2c(c1F)C[C@H]1C[C@H]3[C@H](N(C)C)C(=O)C(C(N)=O)=C(O)[C@@]3(O)C(=O)C1=C2O)CC1CCCC1. The number of hydrogen-bond donors (Lipinski definition) is 5. The molecule has 216 valence electrons. The molecular weight excluding hydrogens is 521 g/mol. The van der Waals surface area contributed by atoms with Crippen LogP contribution in [-0.4, -0.2) is 87.0 Å². The van der Waals surface area contributed by atoms with Crippen molar-refractivity contribution in [3.05, 3.63) is 45.5 Å². The average molecular weight is 558 g/mol. The van der Waals surface area contributed by atoms with Crippen LogP contribution in [0.25, 0.3) is 5.76 Å². The summed E-state index contributed by atoms with van der Waals surface area (Å²) in [5, 5.41) is 44.6. The van der Waals surface area contributed by atoms with E-state index in [4.69, 9.17) is 5.73 Å². The number of aliphatic hydroxyl groups excluding tert-OH is 2. The summed E-state index contributed by atoms with van der Waals surface area (Å²) in [5.41, 5.74) is 1.51. The second kappa shape index (κ2) is 9.97. The summed E-state index contributed by atoms with van der Waals surface area (Å²) < 4.78 is 15.9. The number of aromatic hydroxyl groups is 1. The monoisotopic (exact) mass is 557 g/mol. The number of carbonyl (C=O) groups is 3. The molecule has 5 rings (SSSR count). The number of primary amides is 1. The minimum atomic E-state index is -2.72. The summed E-state index contributed by atoms with van der Waals surface area (Å²) in [7, 11) is 4.95. The molecule has 1 aromatic carbocycles. The Morgan fingerprint density at radius 3 is 2.40 bits per heavy atom. The van der Waals surface area contributed by atoms with Crippen molar-refractivity contribution in [1.29, 1.82) is 0 Å². The Labute approximate surface area is 231 Å². The number of rotatable bonds is 6. The smallest absolute Gasteiger partial charge is 0.255 e. The van der Waals surface area contributed by atoms with Crippen molar-refractivity contribution in [3.8, 4) is 5.75 Å². The summed E-state index contributed by atoms with van der Waals surface area (Å²) in [4.78, 5) is 42.5. The number of nitrogens with zero attached hydrogens (tertiary/aromatic N) is 2. The Morgan fingerprint density at radius 2 is 1.80 bits per heavy atom. The van der Waals surface area contributed by atoms with Gasteiger partial charge < -0.3 is 31.1 Å². The molecule has 1 aromatic rings. The highest BCUT2D eigenvalue weighted by molar-refractivity contribution is 6.24. The van der Waals surface area contributed by atoms with Crippen LogP contribution in [0.1, 0.15) is 48.8 Å². The van der Waals surface area contributed by atoms with E-state index < -0.39 is 69.6 Å². The van der Waals surface area contributed by atoms with Gasteiger partial charge in [-0.15, -0.1) is 0 Å². The standard InChI is InChI=1S/C29H36FN3O7/c1-32(2)23-17-9-14-8-16-20(18(34)10-15(22(16)30)12-33(3)11-13-6-4-5-7-13)24(35)19(14)26(37)29(17,40)27(38)21(25(23)36)28(31)39/h10,13-14,17,23,34-35,38,40H,4-9,11-12H2,1-3H3,(H2,31,39)/t14-,17-,23-,29-/m0/s1. The van der Waals surface area contributed by atoms with Gasteiger partial charge in [0, 0.05) is 35.7 Å². The minimum Gasteiger partial charge on any atom is -0.508 e. The van der Waals surface area contributed by atoms with Crippen LogP contribution in [0.4, 0.5) is 4.39 Å². The quantitative estimate of drug-likeness (QED) is 0.328. The lowest BCUT2D eigenvalue weighted by atomic mass is 9.57. The molecule has 0 saturated heterocycles. The van der Waals surface area contributed by atoms with E-state index in [-0.39, 0.29) is 41.6 Å². The number of nitrogens with two attached hydrogens (primary N) is 1.